The third-order valence-electron chi connectivity index (χ3n) is 3.06. The first kappa shape index (κ1) is 10.6. The standard InChI is InChI=1S/C11H18N2O2/c1-2-11(14)13-8-10(9-13)7-12-3-5-15-6-4-12/h2,10H,1,3-9H2. The van der Waals surface area contributed by atoms with Gasteiger partial charge in [-0.1, -0.05) is 6.58 Å². The zero-order valence-electron chi connectivity index (χ0n) is 9.02. The summed E-state index contributed by atoms with van der Waals surface area (Å²) in [4.78, 5) is 15.5. The van der Waals surface area contributed by atoms with Crippen LogP contribution in [0.4, 0.5) is 0 Å². The summed E-state index contributed by atoms with van der Waals surface area (Å²) in [7, 11) is 0. The number of rotatable bonds is 3. The molecule has 0 aromatic rings. The van der Waals surface area contributed by atoms with Crippen molar-refractivity contribution in [3.63, 3.8) is 0 Å². The summed E-state index contributed by atoms with van der Waals surface area (Å²) in [6, 6.07) is 0. The number of carbonyl (C=O) groups is 1. The smallest absolute Gasteiger partial charge is 0.245 e. The third kappa shape index (κ3) is 2.58. The Balaban J connectivity index is 1.66. The molecule has 15 heavy (non-hydrogen) atoms. The highest BCUT2D eigenvalue weighted by molar-refractivity contribution is 5.87. The van der Waals surface area contributed by atoms with Crippen LogP contribution in [0.2, 0.25) is 0 Å². The molecule has 2 aliphatic heterocycles. The van der Waals surface area contributed by atoms with E-state index in [9.17, 15) is 4.79 Å². The van der Waals surface area contributed by atoms with Gasteiger partial charge in [-0.3, -0.25) is 9.69 Å². The van der Waals surface area contributed by atoms with Crippen molar-refractivity contribution >= 4 is 5.91 Å². The van der Waals surface area contributed by atoms with Gasteiger partial charge in [-0.25, -0.2) is 0 Å². The Morgan fingerprint density at radius 2 is 2.07 bits per heavy atom. The van der Waals surface area contributed by atoms with Gasteiger partial charge in [-0.05, 0) is 6.08 Å². The van der Waals surface area contributed by atoms with Crippen molar-refractivity contribution < 1.29 is 9.53 Å². The van der Waals surface area contributed by atoms with Crippen LogP contribution in [0.3, 0.4) is 0 Å². The molecule has 0 bridgehead atoms. The second-order valence-corrected chi connectivity index (χ2v) is 4.23. The Hall–Kier alpha value is -0.870. The summed E-state index contributed by atoms with van der Waals surface area (Å²) >= 11 is 0. The van der Waals surface area contributed by atoms with Gasteiger partial charge in [0.2, 0.25) is 5.91 Å². The predicted molar refractivity (Wildman–Crippen MR) is 57.5 cm³/mol. The summed E-state index contributed by atoms with van der Waals surface area (Å²) in [6.45, 7) is 10.1. The molecule has 2 fully saturated rings. The van der Waals surface area contributed by atoms with Gasteiger partial charge >= 0.3 is 0 Å². The molecule has 0 saturated carbocycles. The van der Waals surface area contributed by atoms with E-state index in [0.29, 0.717) is 5.92 Å². The minimum absolute atomic E-state index is 0.0632. The molecule has 2 aliphatic rings. The number of morpholine rings is 1. The van der Waals surface area contributed by atoms with Crippen LogP contribution in [0.15, 0.2) is 12.7 Å². The van der Waals surface area contributed by atoms with Crippen LogP contribution in [-0.2, 0) is 9.53 Å². The van der Waals surface area contributed by atoms with Crippen molar-refractivity contribution in [2.45, 2.75) is 0 Å². The fourth-order valence-corrected chi connectivity index (χ4v) is 2.14. The summed E-state index contributed by atoms with van der Waals surface area (Å²) in [6.07, 6.45) is 1.39. The first-order chi connectivity index (χ1) is 7.29. The van der Waals surface area contributed by atoms with Crippen LogP contribution in [-0.4, -0.2) is 61.6 Å². The van der Waals surface area contributed by atoms with Crippen LogP contribution in [0, 0.1) is 5.92 Å². The number of amides is 1. The average Bonchev–Trinajstić information content (AvgIpc) is 2.23. The van der Waals surface area contributed by atoms with Crippen LogP contribution in [0.1, 0.15) is 0 Å². The molecule has 0 unspecified atom stereocenters. The minimum Gasteiger partial charge on any atom is -0.379 e. The Morgan fingerprint density at radius 3 is 2.67 bits per heavy atom. The molecule has 2 saturated heterocycles. The average molecular weight is 210 g/mol. The molecule has 0 aromatic heterocycles. The lowest BCUT2D eigenvalue weighted by Gasteiger charge is -2.41. The summed E-state index contributed by atoms with van der Waals surface area (Å²) < 4.78 is 5.29. The molecule has 0 N–H and O–H groups in total. The predicted octanol–water partition coefficient (Wildman–Crippen LogP) is -0.0370. The molecule has 4 nitrogen and oxygen atoms in total. The second-order valence-electron chi connectivity index (χ2n) is 4.23. The molecule has 0 spiro atoms. The summed E-state index contributed by atoms with van der Waals surface area (Å²) in [5.41, 5.74) is 0. The van der Waals surface area contributed by atoms with Gasteiger partial charge in [-0.2, -0.15) is 0 Å². The van der Waals surface area contributed by atoms with Gasteiger partial charge in [-0.15, -0.1) is 0 Å². The van der Waals surface area contributed by atoms with E-state index < -0.39 is 0 Å². The molecule has 0 aromatic carbocycles. The second kappa shape index (κ2) is 4.77. The molecule has 2 heterocycles. The van der Waals surface area contributed by atoms with E-state index in [4.69, 9.17) is 4.74 Å². The van der Waals surface area contributed by atoms with E-state index in [0.717, 1.165) is 45.9 Å². The van der Waals surface area contributed by atoms with Crippen LogP contribution in [0.5, 0.6) is 0 Å². The van der Waals surface area contributed by atoms with Crippen molar-refractivity contribution in [3.05, 3.63) is 12.7 Å². The van der Waals surface area contributed by atoms with E-state index in [1.165, 1.54) is 6.08 Å². The van der Waals surface area contributed by atoms with Crippen LogP contribution < -0.4 is 0 Å². The normalized spacial score (nSPS) is 23.6. The van der Waals surface area contributed by atoms with Gasteiger partial charge in [0.15, 0.2) is 0 Å². The molecule has 2 rings (SSSR count). The first-order valence-electron chi connectivity index (χ1n) is 5.51. The molecular weight excluding hydrogens is 192 g/mol. The Kier molecular flexibility index (Phi) is 3.38. The molecule has 1 amide bonds. The SMILES string of the molecule is C=CC(=O)N1CC(CN2CCOCC2)C1. The van der Waals surface area contributed by atoms with Gasteiger partial charge in [0.05, 0.1) is 13.2 Å². The Labute approximate surface area is 90.5 Å². The van der Waals surface area contributed by atoms with E-state index in [-0.39, 0.29) is 5.91 Å². The van der Waals surface area contributed by atoms with Gasteiger partial charge < -0.3 is 9.64 Å². The number of carbonyl (C=O) groups excluding carboxylic acids is 1. The van der Waals surface area contributed by atoms with Crippen molar-refractivity contribution in [1.29, 1.82) is 0 Å². The topological polar surface area (TPSA) is 32.8 Å². The number of hydrogen-bond donors (Lipinski definition) is 0. The maximum Gasteiger partial charge on any atom is 0.245 e. The molecule has 4 heteroatoms. The monoisotopic (exact) mass is 210 g/mol. The van der Waals surface area contributed by atoms with Gasteiger partial charge in [0.1, 0.15) is 0 Å². The fraction of sp³-hybridized carbons (Fsp3) is 0.727. The van der Waals surface area contributed by atoms with Crippen LogP contribution >= 0.6 is 0 Å². The quantitative estimate of drug-likeness (QED) is 0.613. The zero-order valence-corrected chi connectivity index (χ0v) is 9.02. The highest BCUT2D eigenvalue weighted by Crippen LogP contribution is 2.17. The highest BCUT2D eigenvalue weighted by Gasteiger charge is 2.30. The third-order valence-corrected chi connectivity index (χ3v) is 3.06. The zero-order chi connectivity index (χ0) is 10.7. The summed E-state index contributed by atoms with van der Waals surface area (Å²) in [5.74, 6) is 0.709. The Morgan fingerprint density at radius 1 is 1.40 bits per heavy atom. The first-order valence-corrected chi connectivity index (χ1v) is 5.51. The number of hydrogen-bond acceptors (Lipinski definition) is 3. The molecule has 84 valence electrons. The number of ether oxygens (including phenoxy) is 1. The molecule has 0 atom stereocenters. The van der Waals surface area contributed by atoms with E-state index in [2.05, 4.69) is 11.5 Å². The van der Waals surface area contributed by atoms with Crippen LogP contribution in [0.25, 0.3) is 0 Å². The minimum atomic E-state index is 0.0632. The molecule has 0 aliphatic carbocycles. The molecule has 0 radical (unpaired) electrons. The van der Waals surface area contributed by atoms with Gasteiger partial charge in [0, 0.05) is 38.6 Å². The summed E-state index contributed by atoms with van der Waals surface area (Å²) in [5, 5.41) is 0. The maximum absolute atomic E-state index is 11.2. The number of likely N-dealkylation sites (tertiary alicyclic amines) is 1. The van der Waals surface area contributed by atoms with Crippen molar-refractivity contribution in [1.82, 2.24) is 9.80 Å². The molecular formula is C11H18N2O2. The van der Waals surface area contributed by atoms with E-state index in [1.807, 2.05) is 4.90 Å². The Bertz CT molecular complexity index is 243. The largest absolute Gasteiger partial charge is 0.379 e. The number of nitrogens with zero attached hydrogens (tertiary/aromatic N) is 2. The van der Waals surface area contributed by atoms with E-state index in [1.54, 1.807) is 0 Å². The fourth-order valence-electron chi connectivity index (χ4n) is 2.14. The van der Waals surface area contributed by atoms with Crippen molar-refractivity contribution in [3.8, 4) is 0 Å². The van der Waals surface area contributed by atoms with Crippen molar-refractivity contribution in [2.24, 2.45) is 5.92 Å². The lowest BCUT2D eigenvalue weighted by atomic mass is 9.99. The lowest BCUT2D eigenvalue weighted by Crippen LogP contribution is -2.54. The van der Waals surface area contributed by atoms with Crippen molar-refractivity contribution in [2.75, 3.05) is 45.9 Å². The van der Waals surface area contributed by atoms with Gasteiger partial charge in [0.25, 0.3) is 0 Å². The van der Waals surface area contributed by atoms with E-state index >= 15 is 0 Å². The lowest BCUT2D eigenvalue weighted by molar-refractivity contribution is -0.132. The maximum atomic E-state index is 11.2. The highest BCUT2D eigenvalue weighted by atomic mass is 16.5.